The van der Waals surface area contributed by atoms with Gasteiger partial charge in [-0.05, 0) is 87.8 Å². The highest BCUT2D eigenvalue weighted by molar-refractivity contribution is 7.80. The maximum Gasteiger partial charge on any atom is 0.270 e. The molecule has 1 saturated heterocycles. The Balaban J connectivity index is 2.07. The number of amides is 2. The van der Waals surface area contributed by atoms with Crippen molar-refractivity contribution in [2.75, 3.05) is 11.5 Å². The van der Waals surface area contributed by atoms with Crippen molar-refractivity contribution in [2.24, 2.45) is 0 Å². The van der Waals surface area contributed by atoms with E-state index in [4.69, 9.17) is 33.3 Å². The fourth-order valence-corrected chi connectivity index (χ4v) is 3.84. The summed E-state index contributed by atoms with van der Waals surface area (Å²) in [5.41, 5.74) is 3.00. The molecule has 0 aliphatic carbocycles. The van der Waals surface area contributed by atoms with E-state index in [1.807, 2.05) is 46.8 Å². The quantitative estimate of drug-likeness (QED) is 0.365. The highest BCUT2D eigenvalue weighted by atomic mass is 35.5. The second-order valence-electron chi connectivity index (χ2n) is 7.61. The summed E-state index contributed by atoms with van der Waals surface area (Å²) in [4.78, 5) is 27.3. The van der Waals surface area contributed by atoms with Gasteiger partial charge in [-0.3, -0.25) is 19.8 Å². The lowest BCUT2D eigenvalue weighted by Crippen LogP contribution is -2.54. The molecule has 0 radical (unpaired) electrons. The number of benzene rings is 2. The number of nitrogens with one attached hydrogen (secondary N) is 1. The predicted octanol–water partition coefficient (Wildman–Crippen LogP) is 4.97. The summed E-state index contributed by atoms with van der Waals surface area (Å²) >= 11 is 11.7. The van der Waals surface area contributed by atoms with Gasteiger partial charge < -0.3 is 9.47 Å². The van der Waals surface area contributed by atoms with Crippen LogP contribution in [0.5, 0.6) is 11.5 Å². The summed E-state index contributed by atoms with van der Waals surface area (Å²) in [7, 11) is 0. The molecule has 32 heavy (non-hydrogen) atoms. The molecule has 0 bridgehead atoms. The van der Waals surface area contributed by atoms with Crippen molar-refractivity contribution in [1.29, 1.82) is 0 Å². The van der Waals surface area contributed by atoms with Crippen LogP contribution in [0.3, 0.4) is 0 Å². The fraction of sp³-hybridized carbons (Fsp3) is 0.292. The van der Waals surface area contributed by atoms with Crippen LogP contribution in [0.2, 0.25) is 5.02 Å². The van der Waals surface area contributed by atoms with Crippen LogP contribution < -0.4 is 19.7 Å². The summed E-state index contributed by atoms with van der Waals surface area (Å²) < 4.78 is 11.5. The van der Waals surface area contributed by atoms with Crippen LogP contribution in [0.15, 0.2) is 35.9 Å². The van der Waals surface area contributed by atoms with Gasteiger partial charge in [-0.25, -0.2) is 0 Å². The molecule has 168 valence electrons. The number of anilines is 1. The van der Waals surface area contributed by atoms with Gasteiger partial charge in [-0.15, -0.1) is 0 Å². The highest BCUT2D eigenvalue weighted by Gasteiger charge is 2.35. The second-order valence-corrected chi connectivity index (χ2v) is 8.40. The van der Waals surface area contributed by atoms with E-state index in [1.54, 1.807) is 18.2 Å². The van der Waals surface area contributed by atoms with E-state index in [2.05, 4.69) is 5.32 Å². The largest absolute Gasteiger partial charge is 0.490 e. The lowest BCUT2D eigenvalue weighted by atomic mass is 10.0. The summed E-state index contributed by atoms with van der Waals surface area (Å²) in [5, 5.41) is 2.97. The van der Waals surface area contributed by atoms with Crippen LogP contribution in [-0.4, -0.2) is 29.6 Å². The number of aryl methyl sites for hydroxylation is 1. The van der Waals surface area contributed by atoms with E-state index in [9.17, 15) is 9.59 Å². The van der Waals surface area contributed by atoms with Crippen LogP contribution in [0.25, 0.3) is 6.08 Å². The standard InChI is InChI=1S/C24H25ClN2O4S/c1-6-30-20-12-16(11-18(25)21(20)31-13(2)3)10-17-22(28)26-24(32)27(23(17)29)19-9-7-8-14(4)15(19)5/h7-13H,6H2,1-5H3,(H,26,28,32)/b17-10+. The first-order valence-electron chi connectivity index (χ1n) is 10.2. The maximum absolute atomic E-state index is 13.3. The van der Waals surface area contributed by atoms with E-state index in [1.165, 1.54) is 11.0 Å². The Morgan fingerprint density at radius 1 is 1.22 bits per heavy atom. The van der Waals surface area contributed by atoms with Gasteiger partial charge in [0.2, 0.25) is 0 Å². The topological polar surface area (TPSA) is 67.9 Å². The Morgan fingerprint density at radius 3 is 2.59 bits per heavy atom. The molecular formula is C24H25ClN2O4S. The molecule has 2 amide bonds. The molecule has 1 aliphatic heterocycles. The van der Waals surface area contributed by atoms with Crippen molar-refractivity contribution < 1.29 is 19.1 Å². The lowest BCUT2D eigenvalue weighted by molar-refractivity contribution is -0.122. The molecule has 1 N–H and O–H groups in total. The zero-order chi connectivity index (χ0) is 23.6. The SMILES string of the molecule is CCOc1cc(/C=C2\C(=O)NC(=S)N(c3cccc(C)c3C)C2=O)cc(Cl)c1OC(C)C. The number of nitrogens with zero attached hydrogens (tertiary/aromatic N) is 1. The molecule has 1 aliphatic rings. The average Bonchev–Trinajstić information content (AvgIpc) is 2.71. The Labute approximate surface area is 198 Å². The average molecular weight is 473 g/mol. The van der Waals surface area contributed by atoms with Crippen LogP contribution in [0.4, 0.5) is 5.69 Å². The first-order valence-corrected chi connectivity index (χ1v) is 11.0. The molecule has 0 unspecified atom stereocenters. The van der Waals surface area contributed by atoms with Crippen LogP contribution in [0, 0.1) is 13.8 Å². The molecular weight excluding hydrogens is 448 g/mol. The third kappa shape index (κ3) is 4.79. The van der Waals surface area contributed by atoms with Crippen LogP contribution >= 0.6 is 23.8 Å². The third-order valence-electron chi connectivity index (χ3n) is 4.91. The third-order valence-corrected chi connectivity index (χ3v) is 5.48. The first-order chi connectivity index (χ1) is 15.1. The molecule has 2 aromatic rings. The number of thiocarbonyl (C=S) groups is 1. The molecule has 3 rings (SSSR count). The number of hydrogen-bond acceptors (Lipinski definition) is 5. The van der Waals surface area contributed by atoms with Gasteiger partial charge in [0.1, 0.15) is 5.57 Å². The summed E-state index contributed by atoms with van der Waals surface area (Å²) in [6, 6.07) is 8.91. The smallest absolute Gasteiger partial charge is 0.270 e. The van der Waals surface area contributed by atoms with E-state index in [-0.39, 0.29) is 16.8 Å². The number of ether oxygens (including phenoxy) is 2. The van der Waals surface area contributed by atoms with Crippen molar-refractivity contribution in [3.05, 3.63) is 57.6 Å². The Morgan fingerprint density at radius 2 is 1.94 bits per heavy atom. The number of hydrogen-bond donors (Lipinski definition) is 1. The molecule has 1 fully saturated rings. The zero-order valence-corrected chi connectivity index (χ0v) is 20.2. The van der Waals surface area contributed by atoms with E-state index in [0.717, 1.165) is 11.1 Å². The molecule has 0 spiro atoms. The zero-order valence-electron chi connectivity index (χ0n) is 18.6. The second kappa shape index (κ2) is 9.71. The van der Waals surface area contributed by atoms with Crippen molar-refractivity contribution in [3.63, 3.8) is 0 Å². The van der Waals surface area contributed by atoms with Gasteiger partial charge >= 0.3 is 0 Å². The minimum absolute atomic E-state index is 0.0413. The molecule has 0 aromatic heterocycles. The number of carbonyl (C=O) groups excluding carboxylic acids is 2. The van der Waals surface area contributed by atoms with Crippen LogP contribution in [-0.2, 0) is 9.59 Å². The van der Waals surface area contributed by atoms with E-state index >= 15 is 0 Å². The summed E-state index contributed by atoms with van der Waals surface area (Å²) in [6.07, 6.45) is 1.37. The van der Waals surface area contributed by atoms with Gasteiger partial charge in [0.05, 0.1) is 23.4 Å². The number of halogens is 1. The van der Waals surface area contributed by atoms with Crippen LogP contribution in [0.1, 0.15) is 37.5 Å². The van der Waals surface area contributed by atoms with Gasteiger partial charge in [-0.1, -0.05) is 23.7 Å². The molecule has 1 heterocycles. The van der Waals surface area contributed by atoms with Gasteiger partial charge in [0, 0.05) is 0 Å². The monoisotopic (exact) mass is 472 g/mol. The first kappa shape index (κ1) is 23.8. The molecule has 8 heteroatoms. The summed E-state index contributed by atoms with van der Waals surface area (Å²) in [5.74, 6) is -0.225. The molecule has 6 nitrogen and oxygen atoms in total. The maximum atomic E-state index is 13.3. The van der Waals surface area contributed by atoms with Crippen molar-refractivity contribution in [3.8, 4) is 11.5 Å². The van der Waals surface area contributed by atoms with Crippen molar-refractivity contribution in [1.82, 2.24) is 5.32 Å². The lowest BCUT2D eigenvalue weighted by Gasteiger charge is -2.30. The minimum Gasteiger partial charge on any atom is -0.490 e. The Bertz CT molecular complexity index is 1130. The number of rotatable bonds is 6. The Kier molecular flexibility index (Phi) is 7.21. The van der Waals surface area contributed by atoms with Crippen molar-refractivity contribution >= 4 is 52.5 Å². The number of carbonyl (C=O) groups is 2. The van der Waals surface area contributed by atoms with E-state index in [0.29, 0.717) is 34.4 Å². The molecule has 0 saturated carbocycles. The summed E-state index contributed by atoms with van der Waals surface area (Å²) in [6.45, 7) is 9.87. The van der Waals surface area contributed by atoms with Crippen molar-refractivity contribution in [2.45, 2.75) is 40.7 Å². The molecule has 0 atom stereocenters. The van der Waals surface area contributed by atoms with Gasteiger partial charge in [0.25, 0.3) is 11.8 Å². The van der Waals surface area contributed by atoms with Gasteiger partial charge in [0.15, 0.2) is 16.6 Å². The Hall–Kier alpha value is -2.90. The van der Waals surface area contributed by atoms with E-state index < -0.39 is 11.8 Å². The highest BCUT2D eigenvalue weighted by Crippen LogP contribution is 2.38. The molecule has 2 aromatic carbocycles. The van der Waals surface area contributed by atoms with Gasteiger partial charge in [-0.2, -0.15) is 0 Å². The minimum atomic E-state index is -0.571. The predicted molar refractivity (Wildman–Crippen MR) is 131 cm³/mol. The fourth-order valence-electron chi connectivity index (χ4n) is 3.31. The normalized spacial score (nSPS) is 15.4.